The molecule has 1 aromatic carbocycles. The van der Waals surface area contributed by atoms with Crippen molar-refractivity contribution in [2.24, 2.45) is 0 Å². The van der Waals surface area contributed by atoms with Gasteiger partial charge in [-0.2, -0.15) is 0 Å². The Morgan fingerprint density at radius 2 is 2.20 bits per heavy atom. The number of furan rings is 1. The van der Waals surface area contributed by atoms with Crippen LogP contribution < -0.4 is 0 Å². The summed E-state index contributed by atoms with van der Waals surface area (Å²) < 4.78 is 5.75. The number of aryl methyl sites for hydroxylation is 2. The molecule has 4 rings (SSSR count). The van der Waals surface area contributed by atoms with E-state index in [2.05, 4.69) is 37.0 Å². The topological polar surface area (TPSA) is 46.3 Å². The number of amides is 1. The number of rotatable bonds is 3. The molecule has 0 spiro atoms. The van der Waals surface area contributed by atoms with Gasteiger partial charge in [-0.15, -0.1) is 0 Å². The molecule has 128 valence electrons. The zero-order chi connectivity index (χ0) is 17.4. The van der Waals surface area contributed by atoms with Gasteiger partial charge in [0.05, 0.1) is 18.7 Å². The van der Waals surface area contributed by atoms with Gasteiger partial charge in [-0.3, -0.25) is 9.78 Å². The van der Waals surface area contributed by atoms with Crippen molar-refractivity contribution in [2.75, 3.05) is 6.54 Å². The fourth-order valence-corrected chi connectivity index (χ4v) is 3.77. The van der Waals surface area contributed by atoms with Crippen LogP contribution in [0.3, 0.4) is 0 Å². The summed E-state index contributed by atoms with van der Waals surface area (Å²) in [7, 11) is 0. The highest BCUT2D eigenvalue weighted by molar-refractivity contribution is 5.89. The predicted octanol–water partition coefficient (Wildman–Crippen LogP) is 4.35. The van der Waals surface area contributed by atoms with E-state index < -0.39 is 0 Å². The predicted molar refractivity (Wildman–Crippen MR) is 97.3 cm³/mol. The minimum absolute atomic E-state index is 0.142. The number of nitrogens with zero attached hydrogens (tertiary/aromatic N) is 2. The number of carbonyl (C=O) groups excluding carboxylic acids is 1. The second kappa shape index (κ2) is 6.36. The fraction of sp³-hybridized carbons (Fsp3) is 0.333. The van der Waals surface area contributed by atoms with E-state index in [-0.39, 0.29) is 11.9 Å². The first-order valence-corrected chi connectivity index (χ1v) is 8.81. The van der Waals surface area contributed by atoms with Gasteiger partial charge in [-0.25, -0.2) is 0 Å². The highest BCUT2D eigenvalue weighted by atomic mass is 16.3. The molecule has 1 atom stereocenters. The van der Waals surface area contributed by atoms with Gasteiger partial charge in [-0.1, -0.05) is 18.2 Å². The smallest absolute Gasteiger partial charge is 0.227 e. The zero-order valence-electron chi connectivity index (χ0n) is 14.7. The molecular weight excluding hydrogens is 312 g/mol. The molecule has 0 unspecified atom stereocenters. The lowest BCUT2D eigenvalue weighted by Crippen LogP contribution is -2.31. The second-order valence-corrected chi connectivity index (χ2v) is 6.85. The first kappa shape index (κ1) is 15.9. The van der Waals surface area contributed by atoms with E-state index in [0.717, 1.165) is 47.0 Å². The molecule has 1 amide bonds. The molecule has 0 aliphatic carbocycles. The van der Waals surface area contributed by atoms with Crippen LogP contribution in [0.25, 0.3) is 11.0 Å². The third kappa shape index (κ3) is 2.82. The first-order valence-electron chi connectivity index (χ1n) is 8.81. The lowest BCUT2D eigenvalue weighted by atomic mass is 10.0. The minimum atomic E-state index is 0.142. The van der Waals surface area contributed by atoms with Gasteiger partial charge in [0, 0.05) is 29.9 Å². The van der Waals surface area contributed by atoms with Crippen molar-refractivity contribution in [1.82, 2.24) is 9.88 Å². The van der Waals surface area contributed by atoms with Gasteiger partial charge in [-0.05, 0) is 49.4 Å². The zero-order valence-corrected chi connectivity index (χ0v) is 14.7. The average Bonchev–Trinajstić information content (AvgIpc) is 3.26. The molecule has 1 fully saturated rings. The Labute approximate surface area is 147 Å². The monoisotopic (exact) mass is 334 g/mol. The van der Waals surface area contributed by atoms with Crippen LogP contribution >= 0.6 is 0 Å². The lowest BCUT2D eigenvalue weighted by molar-refractivity contribution is -0.131. The third-order valence-corrected chi connectivity index (χ3v) is 5.33. The van der Waals surface area contributed by atoms with Crippen LogP contribution in [-0.2, 0) is 11.2 Å². The minimum Gasteiger partial charge on any atom is -0.464 e. The maximum Gasteiger partial charge on any atom is 0.227 e. The van der Waals surface area contributed by atoms with Crippen molar-refractivity contribution >= 4 is 16.9 Å². The number of carbonyl (C=O) groups is 1. The molecule has 1 aliphatic rings. The van der Waals surface area contributed by atoms with Crippen molar-refractivity contribution < 1.29 is 9.21 Å². The highest BCUT2D eigenvalue weighted by Gasteiger charge is 2.30. The number of aromatic nitrogens is 1. The largest absolute Gasteiger partial charge is 0.464 e. The third-order valence-electron chi connectivity index (χ3n) is 5.33. The molecule has 4 nitrogen and oxygen atoms in total. The Morgan fingerprint density at radius 3 is 3.00 bits per heavy atom. The van der Waals surface area contributed by atoms with Crippen LogP contribution in [0.4, 0.5) is 0 Å². The van der Waals surface area contributed by atoms with Gasteiger partial charge in [0.25, 0.3) is 0 Å². The Kier molecular flexibility index (Phi) is 4.04. The van der Waals surface area contributed by atoms with E-state index in [1.165, 1.54) is 5.56 Å². The van der Waals surface area contributed by atoms with Gasteiger partial charge < -0.3 is 9.32 Å². The van der Waals surface area contributed by atoms with Crippen molar-refractivity contribution in [3.63, 3.8) is 0 Å². The molecule has 25 heavy (non-hydrogen) atoms. The molecule has 3 heterocycles. The standard InChI is InChI=1S/C21H22N2O2/c1-14-7-8-18-17(13-25-21(18)15(14)2)11-20(24)23-10-4-6-19(23)16-5-3-9-22-12-16/h3,5,7-9,12-13,19H,4,6,10-11H2,1-2H3/t19-/m1/s1. The van der Waals surface area contributed by atoms with Gasteiger partial charge >= 0.3 is 0 Å². The molecule has 0 N–H and O–H groups in total. The van der Waals surface area contributed by atoms with Crippen LogP contribution in [0.5, 0.6) is 0 Å². The highest BCUT2D eigenvalue weighted by Crippen LogP contribution is 2.33. The normalized spacial score (nSPS) is 17.4. The SMILES string of the molecule is Cc1ccc2c(CC(=O)N3CCC[C@@H]3c3cccnc3)coc2c1C. The van der Waals surface area contributed by atoms with Crippen LogP contribution in [0.1, 0.15) is 41.1 Å². The Bertz CT molecular complexity index is 914. The molecule has 3 aromatic rings. The van der Waals surface area contributed by atoms with Crippen molar-refractivity contribution in [3.05, 3.63) is 65.2 Å². The number of pyridine rings is 1. The molecule has 4 heteroatoms. The number of benzene rings is 1. The summed E-state index contributed by atoms with van der Waals surface area (Å²) in [5, 5.41) is 1.05. The summed E-state index contributed by atoms with van der Waals surface area (Å²) >= 11 is 0. The molecular formula is C21H22N2O2. The van der Waals surface area contributed by atoms with Crippen LogP contribution in [0.2, 0.25) is 0 Å². The number of fused-ring (bicyclic) bond motifs is 1. The lowest BCUT2D eigenvalue weighted by Gasteiger charge is -2.24. The molecule has 0 bridgehead atoms. The van der Waals surface area contributed by atoms with Crippen LogP contribution in [0.15, 0.2) is 47.3 Å². The molecule has 0 radical (unpaired) electrons. The number of hydrogen-bond donors (Lipinski definition) is 0. The Hall–Kier alpha value is -2.62. The maximum atomic E-state index is 13.0. The Morgan fingerprint density at radius 1 is 1.32 bits per heavy atom. The summed E-state index contributed by atoms with van der Waals surface area (Å²) in [6.07, 6.45) is 7.80. The molecule has 1 saturated heterocycles. The maximum absolute atomic E-state index is 13.0. The first-order chi connectivity index (χ1) is 12.1. The summed E-state index contributed by atoms with van der Waals surface area (Å²) in [5.41, 5.74) is 5.34. The fourth-order valence-electron chi connectivity index (χ4n) is 3.77. The van der Waals surface area contributed by atoms with Crippen molar-refractivity contribution in [2.45, 2.75) is 39.2 Å². The van der Waals surface area contributed by atoms with E-state index in [4.69, 9.17) is 4.42 Å². The molecule has 1 aliphatic heterocycles. The summed E-state index contributed by atoms with van der Waals surface area (Å²) in [6, 6.07) is 8.29. The van der Waals surface area contributed by atoms with Crippen molar-refractivity contribution in [3.8, 4) is 0 Å². The summed E-state index contributed by atoms with van der Waals surface area (Å²) in [4.78, 5) is 19.2. The van der Waals surface area contributed by atoms with Crippen LogP contribution in [-0.4, -0.2) is 22.3 Å². The second-order valence-electron chi connectivity index (χ2n) is 6.85. The van der Waals surface area contributed by atoms with E-state index in [1.807, 2.05) is 17.2 Å². The van der Waals surface area contributed by atoms with E-state index in [0.29, 0.717) is 6.42 Å². The van der Waals surface area contributed by atoms with Gasteiger partial charge in [0.2, 0.25) is 5.91 Å². The van der Waals surface area contributed by atoms with E-state index in [1.54, 1.807) is 12.5 Å². The van der Waals surface area contributed by atoms with E-state index in [9.17, 15) is 4.79 Å². The molecule has 2 aromatic heterocycles. The van der Waals surface area contributed by atoms with E-state index >= 15 is 0 Å². The number of likely N-dealkylation sites (tertiary alicyclic amines) is 1. The van der Waals surface area contributed by atoms with Gasteiger partial charge in [0.1, 0.15) is 5.58 Å². The quantitative estimate of drug-likeness (QED) is 0.715. The average molecular weight is 334 g/mol. The van der Waals surface area contributed by atoms with Crippen molar-refractivity contribution in [1.29, 1.82) is 0 Å². The Balaban J connectivity index is 1.59. The van der Waals surface area contributed by atoms with Crippen LogP contribution in [0, 0.1) is 13.8 Å². The number of hydrogen-bond acceptors (Lipinski definition) is 3. The molecule has 0 saturated carbocycles. The summed E-state index contributed by atoms with van der Waals surface area (Å²) in [5.74, 6) is 0.160. The summed E-state index contributed by atoms with van der Waals surface area (Å²) in [6.45, 7) is 4.95. The van der Waals surface area contributed by atoms with Gasteiger partial charge in [0.15, 0.2) is 0 Å².